The molecule has 0 bridgehead atoms. The number of fused-ring (bicyclic) bond motifs is 1. The molecule has 3 rings (SSSR count). The van der Waals surface area contributed by atoms with Gasteiger partial charge < -0.3 is 20.4 Å². The average Bonchev–Trinajstić information content (AvgIpc) is 3.08. The van der Waals surface area contributed by atoms with Crippen LogP contribution in [0.1, 0.15) is 31.9 Å². The zero-order valence-electron chi connectivity index (χ0n) is 17.3. The lowest BCUT2D eigenvalue weighted by atomic mass is 10.0. The van der Waals surface area contributed by atoms with Crippen molar-refractivity contribution in [3.05, 3.63) is 70.3 Å². The Bertz CT molecular complexity index is 1020. The maximum atomic E-state index is 12.4. The van der Waals surface area contributed by atoms with Crippen LogP contribution in [0.2, 0.25) is 0 Å². The fourth-order valence-corrected chi connectivity index (χ4v) is 3.57. The minimum Gasteiger partial charge on any atom is -0.444 e. The highest BCUT2D eigenvalue weighted by Crippen LogP contribution is 2.20. The van der Waals surface area contributed by atoms with Crippen LogP contribution in [-0.2, 0) is 17.7 Å². The molecule has 1 atom stereocenters. The number of para-hydroxylation sites is 1. The van der Waals surface area contributed by atoms with E-state index in [1.165, 1.54) is 0 Å². The highest BCUT2D eigenvalue weighted by Gasteiger charge is 2.23. The summed E-state index contributed by atoms with van der Waals surface area (Å²) in [6, 6.07) is 15.7. The summed E-state index contributed by atoms with van der Waals surface area (Å²) in [6.07, 6.45) is 2.03. The predicted molar refractivity (Wildman–Crippen MR) is 129 cm³/mol. The van der Waals surface area contributed by atoms with Crippen molar-refractivity contribution in [1.82, 2.24) is 15.6 Å². The third-order valence-corrected chi connectivity index (χ3v) is 5.44. The summed E-state index contributed by atoms with van der Waals surface area (Å²) in [5, 5.41) is 7.33. The molecule has 0 saturated carbocycles. The number of ether oxygens (including phenoxy) is 1. The Balaban J connectivity index is 1.74. The zero-order chi connectivity index (χ0) is 21.7. The number of benzene rings is 2. The molecule has 1 heterocycles. The van der Waals surface area contributed by atoms with Crippen LogP contribution in [0.4, 0.5) is 4.79 Å². The summed E-state index contributed by atoms with van der Waals surface area (Å²) in [5.74, 6) is 0. The number of hydrogen-bond donors (Lipinski definition) is 3. The van der Waals surface area contributed by atoms with Gasteiger partial charge in [-0.3, -0.25) is 0 Å². The molecule has 3 N–H and O–H groups in total. The SMILES string of the molecule is CC(C)(C)OC(=O)N[C@H](Cc1c[nH]c2ccccc12)C(=S)NCc1ccc(Br)cc1. The van der Waals surface area contributed by atoms with E-state index in [9.17, 15) is 4.79 Å². The second-order valence-electron chi connectivity index (χ2n) is 8.11. The molecular weight excluding hydrogens is 462 g/mol. The maximum Gasteiger partial charge on any atom is 0.408 e. The highest BCUT2D eigenvalue weighted by atomic mass is 79.9. The molecule has 7 heteroatoms. The molecule has 158 valence electrons. The van der Waals surface area contributed by atoms with Gasteiger partial charge in [0.25, 0.3) is 0 Å². The summed E-state index contributed by atoms with van der Waals surface area (Å²) < 4.78 is 6.48. The van der Waals surface area contributed by atoms with Crippen molar-refractivity contribution in [3.63, 3.8) is 0 Å². The van der Waals surface area contributed by atoms with E-state index in [-0.39, 0.29) is 0 Å². The number of carbonyl (C=O) groups excluding carboxylic acids is 1. The summed E-state index contributed by atoms with van der Waals surface area (Å²) in [6.45, 7) is 6.09. The van der Waals surface area contributed by atoms with E-state index in [0.29, 0.717) is 18.0 Å². The summed E-state index contributed by atoms with van der Waals surface area (Å²) in [7, 11) is 0. The number of H-pyrrole nitrogens is 1. The molecule has 0 aliphatic rings. The summed E-state index contributed by atoms with van der Waals surface area (Å²) in [5.41, 5.74) is 2.65. The van der Waals surface area contributed by atoms with E-state index in [1.807, 2.05) is 69.4 Å². The number of amides is 1. The first kappa shape index (κ1) is 22.3. The smallest absolute Gasteiger partial charge is 0.408 e. The quantitative estimate of drug-likeness (QED) is 0.402. The predicted octanol–water partition coefficient (Wildman–Crippen LogP) is 5.48. The van der Waals surface area contributed by atoms with Gasteiger partial charge in [0.1, 0.15) is 5.60 Å². The lowest BCUT2D eigenvalue weighted by molar-refractivity contribution is 0.0518. The third kappa shape index (κ3) is 6.31. The number of rotatable bonds is 6. The minimum atomic E-state index is -0.581. The second kappa shape index (κ2) is 9.62. The fourth-order valence-electron chi connectivity index (χ4n) is 3.09. The monoisotopic (exact) mass is 487 g/mol. The molecule has 3 aromatic rings. The Hall–Kier alpha value is -2.38. The topological polar surface area (TPSA) is 66.1 Å². The number of thiocarbonyl (C=S) groups is 1. The van der Waals surface area contributed by atoms with E-state index >= 15 is 0 Å². The van der Waals surface area contributed by atoms with Gasteiger partial charge in [-0.25, -0.2) is 4.79 Å². The third-order valence-electron chi connectivity index (χ3n) is 4.49. The summed E-state index contributed by atoms with van der Waals surface area (Å²) in [4.78, 5) is 16.3. The molecule has 0 aliphatic carbocycles. The van der Waals surface area contributed by atoms with E-state index in [4.69, 9.17) is 17.0 Å². The largest absolute Gasteiger partial charge is 0.444 e. The first-order chi connectivity index (χ1) is 14.2. The Morgan fingerprint density at radius 1 is 1.17 bits per heavy atom. The van der Waals surface area contributed by atoms with Gasteiger partial charge >= 0.3 is 6.09 Å². The van der Waals surface area contributed by atoms with E-state index in [0.717, 1.165) is 26.5 Å². The van der Waals surface area contributed by atoms with Gasteiger partial charge in [-0.1, -0.05) is 58.5 Å². The van der Waals surface area contributed by atoms with Gasteiger partial charge in [0, 0.05) is 34.5 Å². The van der Waals surface area contributed by atoms with E-state index in [1.54, 1.807) is 0 Å². The highest BCUT2D eigenvalue weighted by molar-refractivity contribution is 9.10. The van der Waals surface area contributed by atoms with Gasteiger partial charge in [0.05, 0.1) is 11.0 Å². The normalized spacial score (nSPS) is 12.4. The van der Waals surface area contributed by atoms with Gasteiger partial charge in [-0.15, -0.1) is 0 Å². The molecule has 30 heavy (non-hydrogen) atoms. The van der Waals surface area contributed by atoms with Gasteiger partial charge in [0.15, 0.2) is 0 Å². The van der Waals surface area contributed by atoms with Crippen LogP contribution in [0.25, 0.3) is 10.9 Å². The lowest BCUT2D eigenvalue weighted by Gasteiger charge is -2.24. The molecule has 5 nitrogen and oxygen atoms in total. The molecule has 0 spiro atoms. The second-order valence-corrected chi connectivity index (χ2v) is 9.46. The van der Waals surface area contributed by atoms with Gasteiger partial charge in [0.2, 0.25) is 0 Å². The van der Waals surface area contributed by atoms with E-state index in [2.05, 4.69) is 37.6 Å². The van der Waals surface area contributed by atoms with E-state index < -0.39 is 17.7 Å². The maximum absolute atomic E-state index is 12.4. The van der Waals surface area contributed by atoms with Crippen molar-refractivity contribution in [2.75, 3.05) is 0 Å². The number of alkyl carbamates (subject to hydrolysis) is 1. The summed E-state index contributed by atoms with van der Waals surface area (Å²) >= 11 is 9.10. The molecule has 0 fully saturated rings. The standard InChI is InChI=1S/C23H26BrN3O2S/c1-23(2,3)29-22(28)27-20(12-16-14-25-19-7-5-4-6-18(16)19)21(30)26-13-15-8-10-17(24)11-9-15/h4-11,14,20,25H,12-13H2,1-3H3,(H,26,30)(H,27,28)/t20-/m1/s1. The first-order valence-electron chi connectivity index (χ1n) is 9.78. The molecule has 0 aliphatic heterocycles. The molecule has 1 aromatic heterocycles. The average molecular weight is 488 g/mol. The van der Waals surface area contributed by atoms with Crippen molar-refractivity contribution >= 4 is 50.1 Å². The van der Waals surface area contributed by atoms with Gasteiger partial charge in [-0.2, -0.15) is 0 Å². The number of aromatic amines is 1. The number of aromatic nitrogens is 1. The Morgan fingerprint density at radius 2 is 1.87 bits per heavy atom. The molecule has 2 aromatic carbocycles. The Labute approximate surface area is 190 Å². The molecular formula is C23H26BrN3O2S. The van der Waals surface area contributed by atoms with Gasteiger partial charge in [-0.05, 0) is 50.1 Å². The molecule has 0 saturated heterocycles. The van der Waals surface area contributed by atoms with Crippen LogP contribution in [0.15, 0.2) is 59.2 Å². The number of carbonyl (C=O) groups is 1. The van der Waals surface area contributed by atoms with Crippen molar-refractivity contribution < 1.29 is 9.53 Å². The first-order valence-corrected chi connectivity index (χ1v) is 11.0. The zero-order valence-corrected chi connectivity index (χ0v) is 19.7. The van der Waals surface area contributed by atoms with Crippen LogP contribution < -0.4 is 10.6 Å². The molecule has 0 radical (unpaired) electrons. The van der Waals surface area contributed by atoms with Crippen molar-refractivity contribution in [3.8, 4) is 0 Å². The number of hydrogen-bond acceptors (Lipinski definition) is 3. The van der Waals surface area contributed by atoms with Crippen LogP contribution in [0.3, 0.4) is 0 Å². The van der Waals surface area contributed by atoms with Crippen LogP contribution in [-0.4, -0.2) is 27.7 Å². The number of halogens is 1. The van der Waals surface area contributed by atoms with Crippen molar-refractivity contribution in [1.29, 1.82) is 0 Å². The van der Waals surface area contributed by atoms with Crippen molar-refractivity contribution in [2.45, 2.75) is 45.4 Å². The lowest BCUT2D eigenvalue weighted by Crippen LogP contribution is -2.48. The van der Waals surface area contributed by atoms with Crippen LogP contribution in [0.5, 0.6) is 0 Å². The van der Waals surface area contributed by atoms with Crippen LogP contribution in [0, 0.1) is 0 Å². The molecule has 1 amide bonds. The van der Waals surface area contributed by atoms with Crippen molar-refractivity contribution in [2.24, 2.45) is 0 Å². The fraction of sp³-hybridized carbons (Fsp3) is 0.304. The van der Waals surface area contributed by atoms with Crippen LogP contribution >= 0.6 is 28.1 Å². The number of nitrogens with one attached hydrogen (secondary N) is 3. The minimum absolute atomic E-state index is 0.399. The Morgan fingerprint density at radius 3 is 2.57 bits per heavy atom. The Kier molecular flexibility index (Phi) is 7.15. The molecule has 0 unspecified atom stereocenters.